The quantitative estimate of drug-likeness (QED) is 0.635. The van der Waals surface area contributed by atoms with Crippen molar-refractivity contribution >= 4 is 12.1 Å². The first-order chi connectivity index (χ1) is 11.4. The number of hydrogen-bond acceptors (Lipinski definition) is 3. The smallest absolute Gasteiger partial charge is 0.410 e. The van der Waals surface area contributed by atoms with Crippen LogP contribution >= 0.6 is 0 Å². The fourth-order valence-electron chi connectivity index (χ4n) is 3.30. The van der Waals surface area contributed by atoms with E-state index in [0.717, 1.165) is 51.4 Å². The molecule has 0 radical (unpaired) electrons. The Labute approximate surface area is 146 Å². The number of carbonyl (C=O) groups excluding carboxylic acids is 1. The first-order valence-corrected chi connectivity index (χ1v) is 9.43. The zero-order valence-electron chi connectivity index (χ0n) is 15.8. The van der Waals surface area contributed by atoms with Crippen molar-refractivity contribution in [1.29, 1.82) is 0 Å². The number of piperidine rings is 1. The highest BCUT2D eigenvalue weighted by atomic mass is 16.6. The Morgan fingerprint density at radius 3 is 2.46 bits per heavy atom. The zero-order valence-corrected chi connectivity index (χ0v) is 15.8. The van der Waals surface area contributed by atoms with Crippen LogP contribution < -0.4 is 5.32 Å². The third kappa shape index (κ3) is 5.56. The maximum atomic E-state index is 12.5. The molecule has 0 aliphatic carbocycles. The van der Waals surface area contributed by atoms with Gasteiger partial charge in [0, 0.05) is 26.2 Å². The lowest BCUT2D eigenvalue weighted by atomic mass is 10.0. The van der Waals surface area contributed by atoms with E-state index in [0.29, 0.717) is 6.54 Å². The number of hydrogen-bond donors (Lipinski definition) is 1. The minimum atomic E-state index is -0.452. The fraction of sp³-hybridized carbons (Fsp3) is 0.889. The average molecular weight is 338 g/mol. The molecular weight excluding hydrogens is 304 g/mol. The molecule has 1 unspecified atom stereocenters. The summed E-state index contributed by atoms with van der Waals surface area (Å²) in [6, 6.07) is 0.143. The summed E-state index contributed by atoms with van der Waals surface area (Å²) in [6.07, 6.45) is 5.47. The van der Waals surface area contributed by atoms with Gasteiger partial charge in [-0.25, -0.2) is 4.79 Å². The molecule has 0 saturated carbocycles. The molecule has 2 heterocycles. The highest BCUT2D eigenvalue weighted by Gasteiger charge is 2.30. The predicted octanol–water partition coefficient (Wildman–Crippen LogP) is 2.84. The molecule has 2 aliphatic rings. The molecule has 2 saturated heterocycles. The van der Waals surface area contributed by atoms with Crippen LogP contribution in [-0.2, 0) is 4.74 Å². The molecule has 0 aromatic heterocycles. The summed E-state index contributed by atoms with van der Waals surface area (Å²) in [5.74, 6) is 0.990. The molecule has 2 fully saturated rings. The van der Waals surface area contributed by atoms with Crippen LogP contribution in [0.5, 0.6) is 0 Å². The molecule has 6 nitrogen and oxygen atoms in total. The normalized spacial score (nSPS) is 22.7. The lowest BCUT2D eigenvalue weighted by molar-refractivity contribution is 0.0109. The lowest BCUT2D eigenvalue weighted by Gasteiger charge is -2.36. The van der Waals surface area contributed by atoms with E-state index in [-0.39, 0.29) is 12.1 Å². The van der Waals surface area contributed by atoms with Crippen LogP contribution in [0, 0.1) is 0 Å². The van der Waals surface area contributed by atoms with Gasteiger partial charge in [-0.1, -0.05) is 0 Å². The first kappa shape index (κ1) is 18.9. The second-order valence-electron chi connectivity index (χ2n) is 7.71. The van der Waals surface area contributed by atoms with Gasteiger partial charge >= 0.3 is 6.09 Å². The number of carbonyl (C=O) groups is 1. The van der Waals surface area contributed by atoms with E-state index in [2.05, 4.69) is 17.1 Å². The Balaban J connectivity index is 2.00. The van der Waals surface area contributed by atoms with Crippen molar-refractivity contribution in [2.45, 2.75) is 71.4 Å². The van der Waals surface area contributed by atoms with Crippen LogP contribution in [0.1, 0.15) is 59.8 Å². The lowest BCUT2D eigenvalue weighted by Crippen LogP contribution is -2.48. The average Bonchev–Trinajstić information content (AvgIpc) is 3.04. The number of rotatable bonds is 3. The van der Waals surface area contributed by atoms with Crippen molar-refractivity contribution in [3.63, 3.8) is 0 Å². The van der Waals surface area contributed by atoms with Crippen LogP contribution in [0.4, 0.5) is 4.79 Å². The third-order valence-electron chi connectivity index (χ3n) is 4.45. The van der Waals surface area contributed by atoms with Gasteiger partial charge in [0.05, 0.1) is 12.6 Å². The van der Waals surface area contributed by atoms with Gasteiger partial charge in [0.25, 0.3) is 0 Å². The molecule has 24 heavy (non-hydrogen) atoms. The van der Waals surface area contributed by atoms with E-state index in [1.807, 2.05) is 25.7 Å². The van der Waals surface area contributed by atoms with Crippen LogP contribution in [0.2, 0.25) is 0 Å². The first-order valence-electron chi connectivity index (χ1n) is 9.43. The van der Waals surface area contributed by atoms with E-state index in [1.54, 1.807) is 0 Å². The van der Waals surface area contributed by atoms with Crippen LogP contribution in [-0.4, -0.2) is 66.2 Å². The van der Waals surface area contributed by atoms with E-state index in [9.17, 15) is 4.79 Å². The topological polar surface area (TPSA) is 57.2 Å². The molecule has 6 heteroatoms. The van der Waals surface area contributed by atoms with Crippen molar-refractivity contribution in [3.05, 3.63) is 0 Å². The van der Waals surface area contributed by atoms with E-state index >= 15 is 0 Å². The molecule has 138 valence electrons. The summed E-state index contributed by atoms with van der Waals surface area (Å²) >= 11 is 0. The van der Waals surface area contributed by atoms with E-state index in [1.165, 1.54) is 12.8 Å². The minimum Gasteiger partial charge on any atom is -0.444 e. The molecule has 1 amide bonds. The maximum Gasteiger partial charge on any atom is 0.410 e. The summed E-state index contributed by atoms with van der Waals surface area (Å²) in [7, 11) is 0. The number of likely N-dealkylation sites (tertiary alicyclic amines) is 2. The van der Waals surface area contributed by atoms with Crippen molar-refractivity contribution in [1.82, 2.24) is 15.1 Å². The van der Waals surface area contributed by atoms with Gasteiger partial charge < -0.3 is 19.9 Å². The molecule has 2 rings (SSSR count). The number of guanidine groups is 1. The molecule has 1 N–H and O–H groups in total. The summed E-state index contributed by atoms with van der Waals surface area (Å²) in [5, 5.41) is 3.39. The van der Waals surface area contributed by atoms with Gasteiger partial charge in [0.15, 0.2) is 5.96 Å². The Morgan fingerprint density at radius 1 is 1.17 bits per heavy atom. The molecule has 0 spiro atoms. The Kier molecular flexibility index (Phi) is 6.75. The Morgan fingerprint density at radius 2 is 1.83 bits per heavy atom. The Hall–Kier alpha value is -1.46. The molecule has 0 aromatic carbocycles. The second-order valence-corrected chi connectivity index (χ2v) is 7.71. The largest absolute Gasteiger partial charge is 0.444 e. The molecule has 0 bridgehead atoms. The Bertz CT molecular complexity index is 439. The van der Waals surface area contributed by atoms with Gasteiger partial charge in [-0.3, -0.25) is 4.99 Å². The maximum absolute atomic E-state index is 12.5. The third-order valence-corrected chi connectivity index (χ3v) is 4.45. The second kappa shape index (κ2) is 8.58. The standard InChI is InChI=1S/C18H34N4O2/c1-5-19-16(21-11-8-9-12-21)20-14-15-10-6-7-13-22(15)17(23)24-18(2,3)4/h15H,5-14H2,1-4H3,(H,19,20). The number of nitrogens with one attached hydrogen (secondary N) is 1. The number of ether oxygens (including phenoxy) is 1. The van der Waals surface area contributed by atoms with Crippen molar-refractivity contribution in [2.75, 3.05) is 32.7 Å². The van der Waals surface area contributed by atoms with Crippen LogP contribution in [0.25, 0.3) is 0 Å². The summed E-state index contributed by atoms with van der Waals surface area (Å²) in [5.41, 5.74) is -0.452. The van der Waals surface area contributed by atoms with Crippen LogP contribution in [0.3, 0.4) is 0 Å². The summed E-state index contributed by atoms with van der Waals surface area (Å²) < 4.78 is 5.57. The predicted molar refractivity (Wildman–Crippen MR) is 97.4 cm³/mol. The van der Waals surface area contributed by atoms with Gasteiger partial charge in [-0.05, 0) is 59.8 Å². The van der Waals surface area contributed by atoms with E-state index < -0.39 is 5.60 Å². The van der Waals surface area contributed by atoms with Gasteiger partial charge in [0.1, 0.15) is 5.60 Å². The number of nitrogens with zero attached hydrogens (tertiary/aromatic N) is 3. The molecule has 2 aliphatic heterocycles. The fourth-order valence-corrected chi connectivity index (χ4v) is 3.30. The number of amides is 1. The summed E-state index contributed by atoms with van der Waals surface area (Å²) in [4.78, 5) is 21.5. The molecule has 1 atom stereocenters. The van der Waals surface area contributed by atoms with Gasteiger partial charge in [0.2, 0.25) is 0 Å². The summed E-state index contributed by atoms with van der Waals surface area (Å²) in [6.45, 7) is 12.3. The number of aliphatic imine (C=N–C) groups is 1. The highest BCUT2D eigenvalue weighted by molar-refractivity contribution is 5.80. The molecule has 0 aromatic rings. The van der Waals surface area contributed by atoms with Crippen LogP contribution in [0.15, 0.2) is 4.99 Å². The van der Waals surface area contributed by atoms with E-state index in [4.69, 9.17) is 9.73 Å². The van der Waals surface area contributed by atoms with Crippen molar-refractivity contribution in [2.24, 2.45) is 4.99 Å². The van der Waals surface area contributed by atoms with Gasteiger partial charge in [-0.2, -0.15) is 0 Å². The minimum absolute atomic E-state index is 0.143. The SMILES string of the molecule is CCNC(=NCC1CCCCN1C(=O)OC(C)(C)C)N1CCCC1. The monoisotopic (exact) mass is 338 g/mol. The highest BCUT2D eigenvalue weighted by Crippen LogP contribution is 2.21. The van der Waals surface area contributed by atoms with Gasteiger partial charge in [-0.15, -0.1) is 0 Å². The van der Waals surface area contributed by atoms with Crippen molar-refractivity contribution in [3.8, 4) is 0 Å². The zero-order chi connectivity index (χ0) is 17.6. The molecular formula is C18H34N4O2. The van der Waals surface area contributed by atoms with Crippen molar-refractivity contribution < 1.29 is 9.53 Å².